The summed E-state index contributed by atoms with van der Waals surface area (Å²) in [5.74, 6) is -1.84. The number of piperidine rings is 1. The van der Waals surface area contributed by atoms with Gasteiger partial charge in [-0.05, 0) is 37.4 Å². The molecule has 2 saturated heterocycles. The number of hydrogen-bond acceptors (Lipinski definition) is 8. The summed E-state index contributed by atoms with van der Waals surface area (Å²) in [6, 6.07) is 2.47. The summed E-state index contributed by atoms with van der Waals surface area (Å²) in [5, 5.41) is 12.3. The van der Waals surface area contributed by atoms with Crippen molar-refractivity contribution in [2.75, 3.05) is 26.3 Å². The predicted octanol–water partition coefficient (Wildman–Crippen LogP) is 2.00. The lowest BCUT2D eigenvalue weighted by Gasteiger charge is -2.65. The van der Waals surface area contributed by atoms with Crippen LogP contribution in [0.25, 0.3) is 0 Å². The smallest absolute Gasteiger partial charge is 0.479 e. The van der Waals surface area contributed by atoms with E-state index in [1.807, 2.05) is 0 Å². The molecule has 1 aromatic rings. The van der Waals surface area contributed by atoms with Crippen LogP contribution in [0.3, 0.4) is 0 Å². The van der Waals surface area contributed by atoms with Gasteiger partial charge in [0.1, 0.15) is 0 Å². The van der Waals surface area contributed by atoms with Crippen molar-refractivity contribution in [1.29, 1.82) is 0 Å². The van der Waals surface area contributed by atoms with Crippen molar-refractivity contribution in [2.45, 2.75) is 60.1 Å². The number of aliphatic hydroxyl groups is 1. The van der Waals surface area contributed by atoms with Gasteiger partial charge in [0.05, 0.1) is 24.2 Å². The Morgan fingerprint density at radius 2 is 1.97 bits per heavy atom. The molecule has 6 rings (SSSR count). The fraction of sp³-hybridized carbons (Fsp3) is 0.636. The van der Waals surface area contributed by atoms with Gasteiger partial charge in [-0.3, -0.25) is 4.90 Å². The molecule has 3 aliphatic heterocycles. The van der Waals surface area contributed by atoms with Gasteiger partial charge in [-0.2, -0.15) is 21.6 Å². The Balaban J connectivity index is 1.56. The standard InChI is InChI=1S/C22H24F3NO7S/c1-2-8-26-9-7-19-16-13-3-4-14(33-34(28,29)22(23,24)25)17(16)32-18(19)21(30-10-11-31-21)6-5-20(19,27)15(26)12-13/h2-4,15,18,27H,1,5-12H2/t15-,18?,19?,20?/m1/s1. The topological polar surface area (TPSA) is 94.5 Å². The van der Waals surface area contributed by atoms with Crippen molar-refractivity contribution < 1.29 is 45.1 Å². The number of likely N-dealkylation sites (tertiary alicyclic amines) is 1. The average Bonchev–Trinajstić information content (AvgIpc) is 3.36. The highest BCUT2D eigenvalue weighted by atomic mass is 32.2. The van der Waals surface area contributed by atoms with Crippen molar-refractivity contribution >= 4 is 10.1 Å². The normalized spacial score (nSPS) is 35.6. The molecule has 3 heterocycles. The van der Waals surface area contributed by atoms with E-state index in [1.165, 1.54) is 6.07 Å². The second-order valence-electron chi connectivity index (χ2n) is 9.57. The first-order valence-electron chi connectivity index (χ1n) is 11.2. The minimum absolute atomic E-state index is 0.0928. The van der Waals surface area contributed by atoms with E-state index in [-0.39, 0.29) is 11.8 Å². The van der Waals surface area contributed by atoms with E-state index >= 15 is 0 Å². The lowest BCUT2D eigenvalue weighted by molar-refractivity contribution is -0.296. The third-order valence-corrected chi connectivity index (χ3v) is 9.15. The van der Waals surface area contributed by atoms with Crippen molar-refractivity contribution in [2.24, 2.45) is 0 Å². The van der Waals surface area contributed by atoms with Crippen LogP contribution in [0, 0.1) is 0 Å². The lowest BCUT2D eigenvalue weighted by atomic mass is 9.48. The van der Waals surface area contributed by atoms with Gasteiger partial charge in [-0.15, -0.1) is 6.58 Å². The van der Waals surface area contributed by atoms with Crippen molar-refractivity contribution in [3.8, 4) is 11.5 Å². The zero-order chi connectivity index (χ0) is 24.1. The Morgan fingerprint density at radius 3 is 2.65 bits per heavy atom. The molecule has 1 aromatic carbocycles. The van der Waals surface area contributed by atoms with Crippen LogP contribution < -0.4 is 8.92 Å². The highest BCUT2D eigenvalue weighted by molar-refractivity contribution is 7.88. The van der Waals surface area contributed by atoms with Gasteiger partial charge in [-0.1, -0.05) is 12.1 Å². The first kappa shape index (κ1) is 22.6. The lowest BCUT2D eigenvalue weighted by Crippen LogP contribution is -2.79. The number of alkyl halides is 3. The second kappa shape index (κ2) is 6.88. The number of ether oxygens (including phenoxy) is 3. The fourth-order valence-electron chi connectivity index (χ4n) is 6.96. The molecule has 0 aromatic heterocycles. The first-order chi connectivity index (χ1) is 16.0. The van der Waals surface area contributed by atoms with E-state index in [4.69, 9.17) is 14.2 Å². The Bertz CT molecular complexity index is 1170. The number of benzene rings is 1. The zero-order valence-electron chi connectivity index (χ0n) is 18.1. The summed E-state index contributed by atoms with van der Waals surface area (Å²) < 4.78 is 85.7. The summed E-state index contributed by atoms with van der Waals surface area (Å²) in [6.07, 6.45) is 2.40. The zero-order valence-corrected chi connectivity index (χ0v) is 19.0. The first-order valence-corrected chi connectivity index (χ1v) is 12.6. The van der Waals surface area contributed by atoms with Crippen LogP contribution in [-0.2, 0) is 31.4 Å². The molecular weight excluding hydrogens is 479 g/mol. The molecule has 8 nitrogen and oxygen atoms in total. The Kier molecular flexibility index (Phi) is 4.57. The van der Waals surface area contributed by atoms with E-state index in [2.05, 4.69) is 15.7 Å². The molecule has 0 amide bonds. The third kappa shape index (κ3) is 2.60. The minimum Gasteiger partial charge on any atom is -0.479 e. The van der Waals surface area contributed by atoms with Gasteiger partial charge < -0.3 is 23.5 Å². The van der Waals surface area contributed by atoms with E-state index in [1.54, 1.807) is 12.1 Å². The molecule has 3 unspecified atom stereocenters. The molecule has 34 heavy (non-hydrogen) atoms. The van der Waals surface area contributed by atoms with Gasteiger partial charge in [0, 0.05) is 24.6 Å². The van der Waals surface area contributed by atoms with Crippen LogP contribution in [0.4, 0.5) is 13.2 Å². The van der Waals surface area contributed by atoms with Gasteiger partial charge in [-0.25, -0.2) is 0 Å². The van der Waals surface area contributed by atoms with E-state index in [0.717, 1.165) is 5.56 Å². The summed E-state index contributed by atoms with van der Waals surface area (Å²) in [6.45, 7) is 5.61. The Hall–Kier alpha value is -1.86. The van der Waals surface area contributed by atoms with Crippen LogP contribution in [0.15, 0.2) is 24.8 Å². The molecule has 4 atom stereocenters. The van der Waals surface area contributed by atoms with Crippen LogP contribution in [0.2, 0.25) is 0 Å². The fourth-order valence-corrected chi connectivity index (χ4v) is 7.42. The van der Waals surface area contributed by atoms with Crippen LogP contribution in [0.1, 0.15) is 30.4 Å². The molecule has 5 aliphatic rings. The maximum Gasteiger partial charge on any atom is 0.534 e. The molecule has 0 radical (unpaired) electrons. The van der Waals surface area contributed by atoms with Gasteiger partial charge in [0.2, 0.25) is 5.79 Å². The number of nitrogens with zero attached hydrogens (tertiary/aromatic N) is 1. The molecule has 2 aliphatic carbocycles. The van der Waals surface area contributed by atoms with Gasteiger partial charge in [0.15, 0.2) is 17.6 Å². The van der Waals surface area contributed by atoms with Crippen LogP contribution in [-0.4, -0.2) is 73.8 Å². The highest BCUT2D eigenvalue weighted by Gasteiger charge is 2.77. The molecule has 12 heteroatoms. The Morgan fingerprint density at radius 1 is 1.24 bits per heavy atom. The largest absolute Gasteiger partial charge is 0.534 e. The third-order valence-electron chi connectivity index (χ3n) is 8.19. The van der Waals surface area contributed by atoms with Crippen molar-refractivity contribution in [3.05, 3.63) is 35.9 Å². The van der Waals surface area contributed by atoms with E-state index in [0.29, 0.717) is 57.6 Å². The van der Waals surface area contributed by atoms with E-state index in [9.17, 15) is 26.7 Å². The minimum atomic E-state index is -5.92. The molecule has 3 fully saturated rings. The van der Waals surface area contributed by atoms with Gasteiger partial charge in [0.25, 0.3) is 0 Å². The monoisotopic (exact) mass is 503 g/mol. The molecular formula is C22H24F3NO7S. The summed E-state index contributed by atoms with van der Waals surface area (Å²) >= 11 is 0. The molecule has 2 spiro atoms. The molecule has 1 N–H and O–H groups in total. The van der Waals surface area contributed by atoms with Crippen molar-refractivity contribution in [1.82, 2.24) is 4.90 Å². The molecule has 1 saturated carbocycles. The Labute approximate surface area is 194 Å². The summed E-state index contributed by atoms with van der Waals surface area (Å²) in [7, 11) is -5.92. The number of hydrogen-bond donors (Lipinski definition) is 1. The number of halogens is 3. The number of fused-ring (bicyclic) bond motifs is 1. The van der Waals surface area contributed by atoms with Gasteiger partial charge >= 0.3 is 15.6 Å². The van der Waals surface area contributed by atoms with Crippen LogP contribution >= 0.6 is 0 Å². The van der Waals surface area contributed by atoms with Crippen molar-refractivity contribution in [3.63, 3.8) is 0 Å². The molecule has 186 valence electrons. The maximum atomic E-state index is 13.1. The quantitative estimate of drug-likeness (QED) is 0.379. The number of rotatable bonds is 4. The summed E-state index contributed by atoms with van der Waals surface area (Å²) in [4.78, 5) is 2.16. The second-order valence-corrected chi connectivity index (χ2v) is 11.1. The predicted molar refractivity (Wildman–Crippen MR) is 111 cm³/mol. The SMILES string of the molecule is C=CCN1CCC23c4c5ccc(OS(=O)(=O)C(F)(F)F)c4OC2C2(CCC3(O)[C@H]1C5)OCCO2. The average molecular weight is 503 g/mol. The highest BCUT2D eigenvalue weighted by Crippen LogP contribution is 2.68. The van der Waals surface area contributed by atoms with Crippen LogP contribution in [0.5, 0.6) is 11.5 Å². The summed E-state index contributed by atoms with van der Waals surface area (Å²) in [5.41, 5.74) is -6.67. The maximum absolute atomic E-state index is 13.1. The van der Waals surface area contributed by atoms with E-state index < -0.39 is 44.3 Å². The molecule has 2 bridgehead atoms.